The van der Waals surface area contributed by atoms with Crippen LogP contribution in [0.15, 0.2) is 42.5 Å². The first-order valence-electron chi connectivity index (χ1n) is 6.71. The van der Waals surface area contributed by atoms with Crippen LogP contribution in [-0.4, -0.2) is 19.2 Å². The molecule has 1 heterocycles. The van der Waals surface area contributed by atoms with Crippen molar-refractivity contribution in [1.82, 2.24) is 0 Å². The number of fused-ring (bicyclic) bond motifs is 1. The standard InChI is InChI=1S/C16H15ClN2O2/c1-11-3-2-4-13(9-11)18-16(20)19-7-8-21-15-6-5-12(17)10-14(15)19/h2-6,9-10H,7-8H2,1H3,(H,18,20). The van der Waals surface area contributed by atoms with Gasteiger partial charge in [0.25, 0.3) is 0 Å². The van der Waals surface area contributed by atoms with Gasteiger partial charge in [0.1, 0.15) is 12.4 Å². The van der Waals surface area contributed by atoms with Crippen molar-refractivity contribution < 1.29 is 9.53 Å². The van der Waals surface area contributed by atoms with Crippen LogP contribution >= 0.6 is 11.6 Å². The lowest BCUT2D eigenvalue weighted by atomic mass is 10.2. The van der Waals surface area contributed by atoms with Crippen molar-refractivity contribution in [2.24, 2.45) is 0 Å². The number of hydrogen-bond donors (Lipinski definition) is 1. The fourth-order valence-corrected chi connectivity index (χ4v) is 2.48. The van der Waals surface area contributed by atoms with Gasteiger partial charge in [-0.25, -0.2) is 4.79 Å². The first-order valence-corrected chi connectivity index (χ1v) is 7.09. The predicted octanol–water partition coefficient (Wildman–Crippen LogP) is 4.08. The summed E-state index contributed by atoms with van der Waals surface area (Å²) in [6.45, 7) is 2.94. The van der Waals surface area contributed by atoms with Gasteiger partial charge in [0.2, 0.25) is 0 Å². The number of nitrogens with zero attached hydrogens (tertiary/aromatic N) is 1. The van der Waals surface area contributed by atoms with Crippen LogP contribution in [0.2, 0.25) is 5.02 Å². The number of carbonyl (C=O) groups is 1. The molecule has 3 rings (SSSR count). The van der Waals surface area contributed by atoms with Crippen molar-refractivity contribution >= 4 is 29.0 Å². The van der Waals surface area contributed by atoms with Crippen LogP contribution in [0.25, 0.3) is 0 Å². The zero-order valence-corrected chi connectivity index (χ0v) is 12.4. The Labute approximate surface area is 128 Å². The van der Waals surface area contributed by atoms with Gasteiger partial charge < -0.3 is 10.1 Å². The van der Waals surface area contributed by atoms with E-state index in [1.54, 1.807) is 23.1 Å². The second kappa shape index (κ2) is 5.66. The molecule has 1 aliphatic rings. The molecule has 0 atom stereocenters. The van der Waals surface area contributed by atoms with Gasteiger partial charge >= 0.3 is 6.03 Å². The molecule has 0 bridgehead atoms. The second-order valence-corrected chi connectivity index (χ2v) is 5.35. The SMILES string of the molecule is Cc1cccc(NC(=O)N2CCOc3ccc(Cl)cc32)c1. The molecule has 2 aromatic rings. The Morgan fingerprint density at radius 3 is 2.95 bits per heavy atom. The van der Waals surface area contributed by atoms with Gasteiger partial charge in [-0.15, -0.1) is 0 Å². The van der Waals surface area contributed by atoms with Crippen molar-refractivity contribution in [2.75, 3.05) is 23.4 Å². The van der Waals surface area contributed by atoms with Gasteiger partial charge in [0.05, 0.1) is 12.2 Å². The molecule has 1 N–H and O–H groups in total. The van der Waals surface area contributed by atoms with Crippen LogP contribution in [0.4, 0.5) is 16.2 Å². The lowest BCUT2D eigenvalue weighted by molar-refractivity contribution is 0.250. The number of halogens is 1. The van der Waals surface area contributed by atoms with Crippen LogP contribution in [0.3, 0.4) is 0 Å². The maximum atomic E-state index is 12.5. The van der Waals surface area contributed by atoms with Crippen molar-refractivity contribution in [3.63, 3.8) is 0 Å². The summed E-state index contributed by atoms with van der Waals surface area (Å²) in [6.07, 6.45) is 0. The van der Waals surface area contributed by atoms with E-state index in [4.69, 9.17) is 16.3 Å². The molecule has 0 saturated heterocycles. The molecule has 0 fully saturated rings. The normalized spacial score (nSPS) is 13.3. The fourth-order valence-electron chi connectivity index (χ4n) is 2.32. The average Bonchev–Trinajstić information content (AvgIpc) is 2.46. The number of benzene rings is 2. The minimum atomic E-state index is -0.188. The second-order valence-electron chi connectivity index (χ2n) is 4.91. The molecule has 2 amide bonds. The maximum Gasteiger partial charge on any atom is 0.326 e. The molecule has 5 heteroatoms. The third-order valence-corrected chi connectivity index (χ3v) is 3.53. The highest BCUT2D eigenvalue weighted by molar-refractivity contribution is 6.31. The van der Waals surface area contributed by atoms with Gasteiger partial charge in [0, 0.05) is 10.7 Å². The van der Waals surface area contributed by atoms with Gasteiger partial charge in [-0.1, -0.05) is 23.7 Å². The minimum absolute atomic E-state index is 0.188. The van der Waals surface area contributed by atoms with E-state index in [1.165, 1.54) is 0 Å². The molecule has 0 radical (unpaired) electrons. The third kappa shape index (κ3) is 2.95. The summed E-state index contributed by atoms with van der Waals surface area (Å²) in [5.41, 5.74) is 2.56. The number of rotatable bonds is 1. The predicted molar refractivity (Wildman–Crippen MR) is 84.5 cm³/mol. The molecule has 108 valence electrons. The van der Waals surface area contributed by atoms with E-state index in [9.17, 15) is 4.79 Å². The Morgan fingerprint density at radius 1 is 1.29 bits per heavy atom. The third-order valence-electron chi connectivity index (χ3n) is 3.30. The van der Waals surface area contributed by atoms with E-state index in [-0.39, 0.29) is 6.03 Å². The highest BCUT2D eigenvalue weighted by Gasteiger charge is 2.24. The molecule has 0 aromatic heterocycles. The molecule has 0 unspecified atom stereocenters. The number of ether oxygens (including phenoxy) is 1. The average molecular weight is 303 g/mol. The highest BCUT2D eigenvalue weighted by atomic mass is 35.5. The molecular formula is C16H15ClN2O2. The van der Waals surface area contributed by atoms with Crippen molar-refractivity contribution in [1.29, 1.82) is 0 Å². The Morgan fingerprint density at radius 2 is 2.14 bits per heavy atom. The quantitative estimate of drug-likeness (QED) is 0.862. The van der Waals surface area contributed by atoms with E-state index in [0.717, 1.165) is 11.3 Å². The highest BCUT2D eigenvalue weighted by Crippen LogP contribution is 2.34. The van der Waals surface area contributed by atoms with Gasteiger partial charge in [-0.3, -0.25) is 4.90 Å². The van der Waals surface area contributed by atoms with E-state index in [2.05, 4.69) is 5.32 Å². The summed E-state index contributed by atoms with van der Waals surface area (Å²) in [7, 11) is 0. The van der Waals surface area contributed by atoms with Gasteiger partial charge in [0.15, 0.2) is 0 Å². The number of urea groups is 1. The van der Waals surface area contributed by atoms with Crippen LogP contribution in [0, 0.1) is 6.92 Å². The van der Waals surface area contributed by atoms with Crippen molar-refractivity contribution in [3.8, 4) is 5.75 Å². The number of aryl methyl sites for hydroxylation is 1. The molecule has 0 saturated carbocycles. The summed E-state index contributed by atoms with van der Waals surface area (Å²) in [5.74, 6) is 0.671. The van der Waals surface area contributed by atoms with Gasteiger partial charge in [-0.05, 0) is 42.8 Å². The molecular weight excluding hydrogens is 288 g/mol. The number of carbonyl (C=O) groups excluding carboxylic acids is 1. The monoisotopic (exact) mass is 302 g/mol. The lowest BCUT2D eigenvalue weighted by Gasteiger charge is -2.29. The summed E-state index contributed by atoms with van der Waals surface area (Å²) >= 11 is 6.01. The largest absolute Gasteiger partial charge is 0.490 e. The number of hydrogen-bond acceptors (Lipinski definition) is 2. The first-order chi connectivity index (χ1) is 10.1. The summed E-state index contributed by atoms with van der Waals surface area (Å²) in [4.78, 5) is 14.1. The topological polar surface area (TPSA) is 41.6 Å². The molecule has 1 aliphatic heterocycles. The number of anilines is 2. The number of nitrogens with one attached hydrogen (secondary N) is 1. The Bertz CT molecular complexity index is 688. The van der Waals surface area contributed by atoms with E-state index >= 15 is 0 Å². The maximum absolute atomic E-state index is 12.5. The lowest BCUT2D eigenvalue weighted by Crippen LogP contribution is -2.40. The minimum Gasteiger partial charge on any atom is -0.490 e. The molecule has 2 aromatic carbocycles. The molecule has 0 aliphatic carbocycles. The molecule has 21 heavy (non-hydrogen) atoms. The molecule has 0 spiro atoms. The van der Waals surface area contributed by atoms with Crippen molar-refractivity contribution in [2.45, 2.75) is 6.92 Å². The van der Waals surface area contributed by atoms with Crippen LogP contribution in [0.5, 0.6) is 5.75 Å². The summed E-state index contributed by atoms with van der Waals surface area (Å²) in [5, 5.41) is 3.48. The van der Waals surface area contributed by atoms with Crippen LogP contribution in [-0.2, 0) is 0 Å². The van der Waals surface area contributed by atoms with E-state index in [1.807, 2.05) is 31.2 Å². The Kier molecular flexibility index (Phi) is 3.71. The number of amides is 2. The van der Waals surface area contributed by atoms with Crippen LogP contribution < -0.4 is 15.0 Å². The Hall–Kier alpha value is -2.20. The zero-order valence-electron chi connectivity index (χ0n) is 11.6. The first kappa shape index (κ1) is 13.8. The summed E-state index contributed by atoms with van der Waals surface area (Å²) in [6, 6.07) is 12.8. The fraction of sp³-hybridized carbons (Fsp3) is 0.188. The smallest absolute Gasteiger partial charge is 0.326 e. The molecule has 4 nitrogen and oxygen atoms in total. The van der Waals surface area contributed by atoms with Crippen molar-refractivity contribution in [3.05, 3.63) is 53.1 Å². The van der Waals surface area contributed by atoms with Gasteiger partial charge in [-0.2, -0.15) is 0 Å². The van der Waals surface area contributed by atoms with E-state index < -0.39 is 0 Å². The summed E-state index contributed by atoms with van der Waals surface area (Å²) < 4.78 is 5.55. The Balaban J connectivity index is 1.85. The zero-order chi connectivity index (χ0) is 14.8. The van der Waals surface area contributed by atoms with E-state index in [0.29, 0.717) is 29.6 Å². The van der Waals surface area contributed by atoms with Crippen LogP contribution in [0.1, 0.15) is 5.56 Å².